The van der Waals surface area contributed by atoms with Gasteiger partial charge in [0.2, 0.25) is 0 Å². The first-order chi connectivity index (χ1) is 9.90. The Kier molecular flexibility index (Phi) is 5.32. The van der Waals surface area contributed by atoms with E-state index in [-0.39, 0.29) is 12.0 Å². The highest BCUT2D eigenvalue weighted by Gasteiger charge is 2.29. The lowest BCUT2D eigenvalue weighted by atomic mass is 9.99. The second-order valence-corrected chi connectivity index (χ2v) is 7.54. The number of hydrogen-bond donors (Lipinski definition) is 1. The molecule has 2 heterocycles. The molecule has 1 atom stereocenters. The zero-order valence-corrected chi connectivity index (χ0v) is 13.7. The van der Waals surface area contributed by atoms with Crippen molar-refractivity contribution in [2.24, 2.45) is 5.92 Å². The number of piperazine rings is 1. The fourth-order valence-electron chi connectivity index (χ4n) is 2.41. The third-order valence-electron chi connectivity index (χ3n) is 3.79. The van der Waals surface area contributed by atoms with Crippen molar-refractivity contribution in [3.8, 4) is 0 Å². The van der Waals surface area contributed by atoms with Gasteiger partial charge in [-0.15, -0.1) is 0 Å². The van der Waals surface area contributed by atoms with Crippen LogP contribution in [0.25, 0.3) is 0 Å². The second kappa shape index (κ2) is 6.83. The highest BCUT2D eigenvalue weighted by atomic mass is 32.2. The minimum Gasteiger partial charge on any atom is -0.304 e. The Morgan fingerprint density at radius 1 is 1.24 bits per heavy atom. The molecule has 1 aromatic heterocycles. The van der Waals surface area contributed by atoms with Gasteiger partial charge in [0.1, 0.15) is 0 Å². The molecule has 1 saturated heterocycles. The van der Waals surface area contributed by atoms with Crippen LogP contribution in [0.1, 0.15) is 25.5 Å². The average molecular weight is 312 g/mol. The Hall–Kier alpha value is -1.02. The Balaban J connectivity index is 2.13. The zero-order chi connectivity index (χ0) is 15.5. The average Bonchev–Trinajstić information content (AvgIpc) is 2.46. The lowest BCUT2D eigenvalue weighted by Crippen LogP contribution is -2.51. The van der Waals surface area contributed by atoms with Gasteiger partial charge < -0.3 is 4.90 Å². The molecule has 0 unspecified atom stereocenters. The Bertz CT molecular complexity index is 539. The zero-order valence-electron chi connectivity index (χ0n) is 12.9. The molecule has 21 heavy (non-hydrogen) atoms. The van der Waals surface area contributed by atoms with Gasteiger partial charge >= 0.3 is 0 Å². The van der Waals surface area contributed by atoms with Crippen LogP contribution < -0.4 is 4.72 Å². The summed E-state index contributed by atoms with van der Waals surface area (Å²) in [5.41, 5.74) is 0.894. The van der Waals surface area contributed by atoms with Crippen molar-refractivity contribution in [3.63, 3.8) is 0 Å². The van der Waals surface area contributed by atoms with Crippen molar-refractivity contribution in [2.45, 2.75) is 19.9 Å². The first kappa shape index (κ1) is 16.4. The summed E-state index contributed by atoms with van der Waals surface area (Å²) in [6.45, 7) is 6.60. The van der Waals surface area contributed by atoms with Crippen molar-refractivity contribution in [3.05, 3.63) is 30.1 Å². The van der Waals surface area contributed by atoms with Gasteiger partial charge in [-0.2, -0.15) is 17.4 Å². The molecular formula is C14H24N4O2S. The topological polar surface area (TPSA) is 65.5 Å². The van der Waals surface area contributed by atoms with E-state index in [0.29, 0.717) is 13.1 Å². The number of nitrogens with zero attached hydrogens (tertiary/aromatic N) is 3. The van der Waals surface area contributed by atoms with Crippen LogP contribution in [0.5, 0.6) is 0 Å². The number of hydrogen-bond acceptors (Lipinski definition) is 4. The van der Waals surface area contributed by atoms with Crippen molar-refractivity contribution in [1.82, 2.24) is 18.9 Å². The van der Waals surface area contributed by atoms with E-state index < -0.39 is 10.2 Å². The summed E-state index contributed by atoms with van der Waals surface area (Å²) in [4.78, 5) is 6.22. The molecule has 1 aliphatic rings. The third-order valence-corrected chi connectivity index (χ3v) is 5.39. The van der Waals surface area contributed by atoms with Crippen LogP contribution in [0.15, 0.2) is 24.5 Å². The summed E-state index contributed by atoms with van der Waals surface area (Å²) < 4.78 is 29.5. The van der Waals surface area contributed by atoms with E-state index in [9.17, 15) is 8.42 Å². The second-order valence-electron chi connectivity index (χ2n) is 5.83. The standard InChI is InChI=1S/C14H24N4O2S/c1-12(2)14(13-5-4-6-15-11-13)16-21(19,20)18-9-7-17(3)8-10-18/h4-6,11-12,14,16H,7-10H2,1-3H3/t14-/m1/s1. The van der Waals surface area contributed by atoms with Crippen LogP contribution in [0, 0.1) is 5.92 Å². The Morgan fingerprint density at radius 3 is 2.43 bits per heavy atom. The minimum absolute atomic E-state index is 0.149. The first-order valence-electron chi connectivity index (χ1n) is 7.26. The highest BCUT2D eigenvalue weighted by molar-refractivity contribution is 7.87. The number of aromatic nitrogens is 1. The SMILES string of the molecule is CC(C)[C@@H](NS(=O)(=O)N1CCN(C)CC1)c1cccnc1. The summed E-state index contributed by atoms with van der Waals surface area (Å²) in [6, 6.07) is 3.47. The van der Waals surface area contributed by atoms with E-state index in [2.05, 4.69) is 14.6 Å². The summed E-state index contributed by atoms with van der Waals surface area (Å²) in [5, 5.41) is 0. The van der Waals surface area contributed by atoms with Gasteiger partial charge in [0, 0.05) is 38.6 Å². The van der Waals surface area contributed by atoms with Crippen LogP contribution in [0.3, 0.4) is 0 Å². The molecule has 0 radical (unpaired) electrons. The van der Waals surface area contributed by atoms with Gasteiger partial charge in [-0.25, -0.2) is 0 Å². The normalized spacial score (nSPS) is 19.8. The van der Waals surface area contributed by atoms with E-state index in [1.165, 1.54) is 4.31 Å². The maximum atomic E-state index is 12.6. The lowest BCUT2D eigenvalue weighted by molar-refractivity contribution is 0.219. The number of nitrogens with one attached hydrogen (secondary N) is 1. The van der Waals surface area contributed by atoms with Crippen LogP contribution in [0.2, 0.25) is 0 Å². The predicted octanol–water partition coefficient (Wildman–Crippen LogP) is 0.861. The molecular weight excluding hydrogens is 288 g/mol. The fraction of sp³-hybridized carbons (Fsp3) is 0.643. The maximum Gasteiger partial charge on any atom is 0.280 e. The molecule has 0 saturated carbocycles. The van der Waals surface area contributed by atoms with Crippen LogP contribution in [-0.2, 0) is 10.2 Å². The molecule has 0 aromatic carbocycles. The monoisotopic (exact) mass is 312 g/mol. The molecule has 0 aliphatic carbocycles. The molecule has 0 amide bonds. The molecule has 1 fully saturated rings. The smallest absolute Gasteiger partial charge is 0.280 e. The van der Waals surface area contributed by atoms with Crippen molar-refractivity contribution >= 4 is 10.2 Å². The molecule has 7 heteroatoms. The van der Waals surface area contributed by atoms with Gasteiger partial charge in [-0.3, -0.25) is 4.98 Å². The molecule has 6 nitrogen and oxygen atoms in total. The van der Waals surface area contributed by atoms with Crippen molar-refractivity contribution < 1.29 is 8.42 Å². The summed E-state index contributed by atoms with van der Waals surface area (Å²) in [6.07, 6.45) is 3.41. The minimum atomic E-state index is -3.47. The quantitative estimate of drug-likeness (QED) is 0.876. The number of likely N-dealkylation sites (N-methyl/N-ethyl adjacent to an activating group) is 1. The maximum absolute atomic E-state index is 12.6. The largest absolute Gasteiger partial charge is 0.304 e. The van der Waals surface area contributed by atoms with Crippen molar-refractivity contribution in [2.75, 3.05) is 33.2 Å². The predicted molar refractivity (Wildman–Crippen MR) is 82.9 cm³/mol. The van der Waals surface area contributed by atoms with Gasteiger partial charge in [0.05, 0.1) is 6.04 Å². The molecule has 1 aromatic rings. The molecule has 0 bridgehead atoms. The van der Waals surface area contributed by atoms with E-state index in [0.717, 1.165) is 18.7 Å². The molecule has 118 valence electrons. The number of rotatable bonds is 5. The van der Waals surface area contributed by atoms with Gasteiger partial charge in [0.15, 0.2) is 0 Å². The summed E-state index contributed by atoms with van der Waals surface area (Å²) in [5.74, 6) is 0.149. The van der Waals surface area contributed by atoms with E-state index in [1.807, 2.05) is 33.0 Å². The van der Waals surface area contributed by atoms with E-state index >= 15 is 0 Å². The molecule has 2 rings (SSSR count). The molecule has 1 aliphatic heterocycles. The van der Waals surface area contributed by atoms with Gasteiger partial charge in [0.25, 0.3) is 10.2 Å². The van der Waals surface area contributed by atoms with Crippen LogP contribution >= 0.6 is 0 Å². The highest BCUT2D eigenvalue weighted by Crippen LogP contribution is 2.22. The van der Waals surface area contributed by atoms with Crippen molar-refractivity contribution in [1.29, 1.82) is 0 Å². The Morgan fingerprint density at radius 2 is 1.90 bits per heavy atom. The molecule has 0 spiro atoms. The number of pyridine rings is 1. The van der Waals surface area contributed by atoms with Gasteiger partial charge in [-0.1, -0.05) is 19.9 Å². The fourth-order valence-corrected chi connectivity index (χ4v) is 3.93. The Labute approximate surface area is 127 Å². The van der Waals surface area contributed by atoms with Gasteiger partial charge in [-0.05, 0) is 24.6 Å². The third kappa shape index (κ3) is 4.23. The first-order valence-corrected chi connectivity index (χ1v) is 8.70. The van der Waals surface area contributed by atoms with E-state index in [4.69, 9.17) is 0 Å². The van der Waals surface area contributed by atoms with Crippen LogP contribution in [0.4, 0.5) is 0 Å². The summed E-state index contributed by atoms with van der Waals surface area (Å²) >= 11 is 0. The van der Waals surface area contributed by atoms with E-state index in [1.54, 1.807) is 12.4 Å². The lowest BCUT2D eigenvalue weighted by Gasteiger charge is -2.33. The van der Waals surface area contributed by atoms with Crippen LogP contribution in [-0.4, -0.2) is 55.8 Å². The summed E-state index contributed by atoms with van der Waals surface area (Å²) in [7, 11) is -1.47. The molecule has 1 N–H and O–H groups in total.